The van der Waals surface area contributed by atoms with E-state index in [0.717, 1.165) is 101 Å². The molecular formula is C53H63Br2FN4O8. The van der Waals surface area contributed by atoms with Crippen LogP contribution < -0.4 is 9.47 Å². The lowest BCUT2D eigenvalue weighted by atomic mass is 9.89. The summed E-state index contributed by atoms with van der Waals surface area (Å²) in [6, 6.07) is 22.3. The van der Waals surface area contributed by atoms with Crippen LogP contribution in [0.5, 0.6) is 11.5 Å². The van der Waals surface area contributed by atoms with E-state index < -0.39 is 11.9 Å². The van der Waals surface area contributed by atoms with Crippen LogP contribution in [0.1, 0.15) is 88.8 Å². The maximum atomic E-state index is 13.9. The van der Waals surface area contributed by atoms with E-state index in [4.69, 9.17) is 18.9 Å². The minimum atomic E-state index is -1.00. The van der Waals surface area contributed by atoms with Crippen molar-refractivity contribution in [3.05, 3.63) is 128 Å². The molecule has 15 heteroatoms. The highest BCUT2D eigenvalue weighted by Crippen LogP contribution is 2.37. The molecule has 2 aliphatic rings. The van der Waals surface area contributed by atoms with Gasteiger partial charge in [0.2, 0.25) is 0 Å². The molecule has 12 nitrogen and oxygen atoms in total. The smallest absolute Gasteiger partial charge is 0.339 e. The molecule has 8 rings (SSSR count). The van der Waals surface area contributed by atoms with E-state index in [1.54, 1.807) is 36.4 Å². The Labute approximate surface area is 415 Å². The minimum Gasteiger partial charge on any atom is -0.491 e. The molecule has 2 saturated heterocycles. The summed E-state index contributed by atoms with van der Waals surface area (Å²) in [6.07, 6.45) is 8.74. The van der Waals surface area contributed by atoms with Crippen molar-refractivity contribution in [3.8, 4) is 11.5 Å². The third-order valence-corrected chi connectivity index (χ3v) is 14.1. The number of carboxylic acid groups (broad SMARTS) is 2. The van der Waals surface area contributed by atoms with E-state index >= 15 is 0 Å². The van der Waals surface area contributed by atoms with Crippen molar-refractivity contribution >= 4 is 65.6 Å². The Morgan fingerprint density at radius 1 is 0.647 bits per heavy atom. The summed E-state index contributed by atoms with van der Waals surface area (Å²) in [5, 5.41) is 21.4. The molecule has 0 saturated carbocycles. The molecule has 2 aliphatic heterocycles. The van der Waals surface area contributed by atoms with E-state index in [-0.39, 0.29) is 16.9 Å². The Balaban J connectivity index is 0.000000201. The number of ether oxygens (including phenoxy) is 4. The highest BCUT2D eigenvalue weighted by Gasteiger charge is 2.26. The SMILES string of the molecule is CCOCCn1cc(C2CCN(CCOc3c(Br)cc(Br)cc3C(=O)O)CC2)c2ccccc21.CCOCCn1cc(C2CCN(CCOc3ccc(C)cc3C(=O)O)CC2)c2ccc(F)cc21. The van der Waals surface area contributed by atoms with Gasteiger partial charge in [-0.05, 0) is 160 Å². The number of halogens is 3. The second kappa shape index (κ2) is 24.7. The molecule has 0 atom stereocenters. The van der Waals surface area contributed by atoms with E-state index in [0.29, 0.717) is 65.3 Å². The van der Waals surface area contributed by atoms with Crippen molar-refractivity contribution in [1.29, 1.82) is 0 Å². The first kappa shape index (κ1) is 51.1. The number of nitrogens with zero attached hydrogens (tertiary/aromatic N) is 4. The third-order valence-electron chi connectivity index (χ3n) is 13.0. The largest absolute Gasteiger partial charge is 0.491 e. The van der Waals surface area contributed by atoms with Gasteiger partial charge in [-0.1, -0.05) is 45.8 Å². The number of carboxylic acids is 2. The van der Waals surface area contributed by atoms with Crippen molar-refractivity contribution in [3.63, 3.8) is 0 Å². The highest BCUT2D eigenvalue weighted by molar-refractivity contribution is 9.11. The molecule has 2 fully saturated rings. The number of hydrogen-bond acceptors (Lipinski definition) is 8. The summed E-state index contributed by atoms with van der Waals surface area (Å²) in [4.78, 5) is 27.8. The van der Waals surface area contributed by atoms with Crippen molar-refractivity contribution in [2.75, 3.05) is 78.9 Å². The third kappa shape index (κ3) is 13.1. The fraction of sp³-hybridized carbons (Fsp3) is 0.434. The van der Waals surface area contributed by atoms with Crippen LogP contribution in [-0.4, -0.2) is 120 Å². The van der Waals surface area contributed by atoms with Gasteiger partial charge in [0.25, 0.3) is 0 Å². The fourth-order valence-corrected chi connectivity index (χ4v) is 10.8. The summed E-state index contributed by atoms with van der Waals surface area (Å²) in [5.74, 6) is -0.434. The Morgan fingerprint density at radius 2 is 1.21 bits per heavy atom. The maximum Gasteiger partial charge on any atom is 0.339 e. The molecule has 0 aliphatic carbocycles. The Bertz CT molecular complexity index is 2640. The van der Waals surface area contributed by atoms with Crippen LogP contribution in [0.15, 0.2) is 94.1 Å². The van der Waals surface area contributed by atoms with Crippen LogP contribution in [0.4, 0.5) is 4.39 Å². The molecule has 364 valence electrons. The topological polar surface area (TPSA) is 128 Å². The molecule has 4 aromatic carbocycles. The van der Waals surface area contributed by atoms with Gasteiger partial charge >= 0.3 is 11.9 Å². The number of hydrogen-bond donors (Lipinski definition) is 2. The van der Waals surface area contributed by atoms with Gasteiger partial charge in [0.15, 0.2) is 0 Å². The molecule has 68 heavy (non-hydrogen) atoms. The molecule has 6 aromatic rings. The first-order valence-electron chi connectivity index (χ1n) is 23.7. The predicted molar refractivity (Wildman–Crippen MR) is 272 cm³/mol. The number of fused-ring (bicyclic) bond motifs is 2. The number of aryl methyl sites for hydroxylation is 1. The van der Waals surface area contributed by atoms with E-state index in [1.807, 2.05) is 32.9 Å². The average Bonchev–Trinajstić information content (AvgIpc) is 3.88. The van der Waals surface area contributed by atoms with Crippen molar-refractivity contribution in [2.24, 2.45) is 0 Å². The van der Waals surface area contributed by atoms with E-state index in [1.165, 1.54) is 22.0 Å². The van der Waals surface area contributed by atoms with Gasteiger partial charge in [-0.3, -0.25) is 9.80 Å². The normalized spacial score (nSPS) is 15.1. The van der Waals surface area contributed by atoms with Crippen LogP contribution in [0.3, 0.4) is 0 Å². The standard InChI is InChI=1S/C27H33FN2O4.C26H30Br2N2O4/c1-3-33-14-13-30-18-24(22-6-5-21(28)17-25(22)30)20-8-10-29(11-9-20)12-15-34-26-7-4-19(2)16-23(26)27(31)32;1-2-33-13-12-30-17-22(20-5-3-4-6-24(20)30)18-7-9-29(10-8-18)11-14-34-25-21(26(31)32)15-19(27)16-23(25)28/h4-7,16-18,20H,3,8-15H2,1-2H3,(H,31,32);3-6,15-18H,2,7-14H2,1H3,(H,31,32). The highest BCUT2D eigenvalue weighted by atomic mass is 79.9. The Kier molecular flexibility index (Phi) is 18.5. The van der Waals surface area contributed by atoms with E-state index in [9.17, 15) is 24.2 Å². The number of aromatic carboxylic acids is 2. The van der Waals surface area contributed by atoms with Gasteiger partial charge in [0.05, 0.1) is 23.2 Å². The predicted octanol–water partition coefficient (Wildman–Crippen LogP) is 11.2. The zero-order valence-corrected chi connectivity index (χ0v) is 42.4. The summed E-state index contributed by atoms with van der Waals surface area (Å²) < 4.78 is 42.5. The molecule has 2 aromatic heterocycles. The summed E-state index contributed by atoms with van der Waals surface area (Å²) in [7, 11) is 0. The molecule has 2 N–H and O–H groups in total. The van der Waals surface area contributed by atoms with Gasteiger partial charge in [-0.15, -0.1) is 0 Å². The number of carbonyl (C=O) groups is 2. The molecule has 0 spiro atoms. The summed E-state index contributed by atoms with van der Waals surface area (Å²) in [5.41, 5.74) is 6.19. The average molecular weight is 1060 g/mol. The molecular weight excluding hydrogens is 999 g/mol. The quantitative estimate of drug-likeness (QED) is 0.0713. The first-order chi connectivity index (χ1) is 32.9. The van der Waals surface area contributed by atoms with Crippen LogP contribution in [0.2, 0.25) is 0 Å². The van der Waals surface area contributed by atoms with Crippen molar-refractivity contribution in [1.82, 2.24) is 18.9 Å². The lowest BCUT2D eigenvalue weighted by Gasteiger charge is -2.32. The van der Waals surface area contributed by atoms with Gasteiger partial charge < -0.3 is 38.3 Å². The van der Waals surface area contributed by atoms with Gasteiger partial charge in [-0.2, -0.15) is 0 Å². The zero-order chi connectivity index (χ0) is 48.2. The monoisotopic (exact) mass is 1060 g/mol. The zero-order valence-electron chi connectivity index (χ0n) is 39.2. The molecule has 0 amide bonds. The second-order valence-corrected chi connectivity index (χ2v) is 19.2. The van der Waals surface area contributed by atoms with Gasteiger partial charge in [-0.25, -0.2) is 14.0 Å². The van der Waals surface area contributed by atoms with Crippen LogP contribution >= 0.6 is 31.9 Å². The number of rotatable bonds is 20. The summed E-state index contributed by atoms with van der Waals surface area (Å²) in [6.45, 7) is 16.5. The Morgan fingerprint density at radius 3 is 1.79 bits per heavy atom. The lowest BCUT2D eigenvalue weighted by molar-refractivity contribution is 0.0679. The minimum absolute atomic E-state index is 0.153. The molecule has 4 heterocycles. The van der Waals surface area contributed by atoms with Crippen molar-refractivity contribution in [2.45, 2.75) is 71.4 Å². The number of aromatic nitrogens is 2. The Hall–Kier alpha value is -4.77. The molecule has 0 unspecified atom stereocenters. The van der Waals surface area contributed by atoms with Crippen LogP contribution in [-0.2, 0) is 22.6 Å². The number of piperidine rings is 2. The van der Waals surface area contributed by atoms with Crippen molar-refractivity contribution < 1.29 is 43.1 Å². The fourth-order valence-electron chi connectivity index (χ4n) is 9.50. The molecule has 0 bridgehead atoms. The second-order valence-electron chi connectivity index (χ2n) is 17.4. The van der Waals surface area contributed by atoms with Gasteiger partial charge in [0, 0.05) is 72.5 Å². The maximum absolute atomic E-state index is 13.9. The van der Waals surface area contributed by atoms with Gasteiger partial charge in [0.1, 0.15) is 41.7 Å². The summed E-state index contributed by atoms with van der Waals surface area (Å²) >= 11 is 6.76. The van der Waals surface area contributed by atoms with E-state index in [2.05, 4.69) is 87.5 Å². The molecule has 0 radical (unpaired) electrons. The number of benzene rings is 4. The number of likely N-dealkylation sites (tertiary alicyclic amines) is 2. The van der Waals surface area contributed by atoms with Crippen LogP contribution in [0.25, 0.3) is 21.8 Å². The first-order valence-corrected chi connectivity index (χ1v) is 25.3. The lowest BCUT2D eigenvalue weighted by Crippen LogP contribution is -2.36. The van der Waals surface area contributed by atoms with Crippen LogP contribution in [0, 0.1) is 12.7 Å². The number of para-hydroxylation sites is 1.